The van der Waals surface area contributed by atoms with E-state index in [1.807, 2.05) is 6.92 Å². The van der Waals surface area contributed by atoms with Crippen LogP contribution in [0.1, 0.15) is 22.3 Å². The van der Waals surface area contributed by atoms with Crippen LogP contribution in [0.3, 0.4) is 0 Å². The lowest BCUT2D eigenvalue weighted by atomic mass is 9.98. The maximum Gasteiger partial charge on any atom is 0.340 e. The molecule has 1 heterocycles. The standard InChI is InChI=1S/C18H15FO3/c1-10-7-15(20)17-11(2)14(18(21)22-16(17)8-10)9-12-3-5-13(19)6-4-12/h3-8,20H,9H2,1-2H3. The van der Waals surface area contributed by atoms with E-state index < -0.39 is 5.63 Å². The average molecular weight is 298 g/mol. The van der Waals surface area contributed by atoms with E-state index in [0.717, 1.165) is 11.1 Å². The number of hydrogen-bond donors (Lipinski definition) is 1. The average Bonchev–Trinajstić information content (AvgIpc) is 2.44. The predicted molar refractivity (Wildman–Crippen MR) is 82.8 cm³/mol. The first-order valence-electron chi connectivity index (χ1n) is 6.96. The third kappa shape index (κ3) is 2.48. The molecule has 0 amide bonds. The highest BCUT2D eigenvalue weighted by atomic mass is 19.1. The summed E-state index contributed by atoms with van der Waals surface area (Å²) in [6.07, 6.45) is 0.331. The number of aryl methyl sites for hydroxylation is 2. The molecule has 112 valence electrons. The molecule has 0 bridgehead atoms. The normalized spacial score (nSPS) is 11.0. The van der Waals surface area contributed by atoms with Crippen molar-refractivity contribution in [3.05, 3.63) is 74.9 Å². The topological polar surface area (TPSA) is 50.4 Å². The highest BCUT2D eigenvalue weighted by molar-refractivity contribution is 5.87. The van der Waals surface area contributed by atoms with Crippen molar-refractivity contribution in [1.29, 1.82) is 0 Å². The largest absolute Gasteiger partial charge is 0.507 e. The number of aromatic hydroxyl groups is 1. The van der Waals surface area contributed by atoms with Gasteiger partial charge in [0.05, 0.1) is 5.39 Å². The quantitative estimate of drug-likeness (QED) is 0.731. The second kappa shape index (κ2) is 5.30. The van der Waals surface area contributed by atoms with Gasteiger partial charge in [-0.15, -0.1) is 0 Å². The van der Waals surface area contributed by atoms with Crippen LogP contribution in [0.2, 0.25) is 0 Å². The van der Waals surface area contributed by atoms with Crippen molar-refractivity contribution >= 4 is 11.0 Å². The van der Waals surface area contributed by atoms with E-state index >= 15 is 0 Å². The van der Waals surface area contributed by atoms with Crippen molar-refractivity contribution in [1.82, 2.24) is 0 Å². The molecule has 0 saturated carbocycles. The van der Waals surface area contributed by atoms with Crippen LogP contribution < -0.4 is 5.63 Å². The molecule has 3 rings (SSSR count). The molecule has 2 aromatic carbocycles. The van der Waals surface area contributed by atoms with Gasteiger partial charge in [-0.1, -0.05) is 12.1 Å². The highest BCUT2D eigenvalue weighted by Gasteiger charge is 2.15. The minimum Gasteiger partial charge on any atom is -0.507 e. The molecule has 0 aliphatic rings. The summed E-state index contributed by atoms with van der Waals surface area (Å²) in [6.45, 7) is 3.61. The molecule has 3 nitrogen and oxygen atoms in total. The first kappa shape index (κ1) is 14.3. The second-order valence-corrected chi connectivity index (χ2v) is 5.45. The van der Waals surface area contributed by atoms with Crippen molar-refractivity contribution in [3.8, 4) is 5.75 Å². The molecule has 0 saturated heterocycles. The lowest BCUT2D eigenvalue weighted by molar-refractivity contribution is 0.477. The minimum atomic E-state index is -0.431. The van der Waals surface area contributed by atoms with Crippen LogP contribution in [0.25, 0.3) is 11.0 Å². The van der Waals surface area contributed by atoms with Gasteiger partial charge in [-0.05, 0) is 54.8 Å². The summed E-state index contributed by atoms with van der Waals surface area (Å²) >= 11 is 0. The molecular formula is C18H15FO3. The van der Waals surface area contributed by atoms with Crippen LogP contribution >= 0.6 is 0 Å². The summed E-state index contributed by atoms with van der Waals surface area (Å²) in [7, 11) is 0. The van der Waals surface area contributed by atoms with Crippen LogP contribution in [0.15, 0.2) is 45.6 Å². The molecule has 1 N–H and O–H groups in total. The summed E-state index contributed by atoms with van der Waals surface area (Å²) in [4.78, 5) is 12.2. The summed E-state index contributed by atoms with van der Waals surface area (Å²) in [5, 5.41) is 10.7. The number of phenolic OH excluding ortho intramolecular Hbond substituents is 1. The Balaban J connectivity index is 2.18. The van der Waals surface area contributed by atoms with Crippen LogP contribution in [-0.2, 0) is 6.42 Å². The smallest absolute Gasteiger partial charge is 0.340 e. The maximum atomic E-state index is 13.0. The number of halogens is 1. The molecule has 4 heteroatoms. The Hall–Kier alpha value is -2.62. The van der Waals surface area contributed by atoms with Crippen molar-refractivity contribution in [3.63, 3.8) is 0 Å². The number of rotatable bonds is 2. The van der Waals surface area contributed by atoms with Crippen molar-refractivity contribution in [2.24, 2.45) is 0 Å². The molecular weight excluding hydrogens is 283 g/mol. The van der Waals surface area contributed by atoms with Gasteiger partial charge in [-0.2, -0.15) is 0 Å². The SMILES string of the molecule is Cc1cc(O)c2c(C)c(Cc3ccc(F)cc3)c(=O)oc2c1. The van der Waals surface area contributed by atoms with Gasteiger partial charge >= 0.3 is 5.63 Å². The fourth-order valence-electron chi connectivity index (χ4n) is 2.67. The Morgan fingerprint density at radius 3 is 2.50 bits per heavy atom. The molecule has 1 aromatic heterocycles. The van der Waals surface area contributed by atoms with Crippen LogP contribution in [0.4, 0.5) is 4.39 Å². The number of hydrogen-bond acceptors (Lipinski definition) is 3. The van der Waals surface area contributed by atoms with Gasteiger partial charge in [0.15, 0.2) is 0 Å². The van der Waals surface area contributed by atoms with Crippen LogP contribution in [0, 0.1) is 19.7 Å². The second-order valence-electron chi connectivity index (χ2n) is 5.45. The molecule has 0 radical (unpaired) electrons. The summed E-state index contributed by atoms with van der Waals surface area (Å²) < 4.78 is 18.3. The lowest BCUT2D eigenvalue weighted by Gasteiger charge is -2.10. The molecule has 0 atom stereocenters. The van der Waals surface area contributed by atoms with Crippen molar-refractivity contribution < 1.29 is 13.9 Å². The van der Waals surface area contributed by atoms with E-state index in [2.05, 4.69) is 0 Å². The van der Waals surface area contributed by atoms with Gasteiger partial charge in [0.25, 0.3) is 0 Å². The Morgan fingerprint density at radius 1 is 1.14 bits per heavy atom. The number of benzene rings is 2. The zero-order chi connectivity index (χ0) is 15.9. The van der Waals surface area contributed by atoms with E-state index in [1.54, 1.807) is 31.2 Å². The first-order valence-corrected chi connectivity index (χ1v) is 6.96. The fourth-order valence-corrected chi connectivity index (χ4v) is 2.67. The molecule has 0 aliphatic heterocycles. The van der Waals surface area contributed by atoms with Crippen molar-refractivity contribution in [2.75, 3.05) is 0 Å². The summed E-state index contributed by atoms with van der Waals surface area (Å²) in [6, 6.07) is 9.34. The summed E-state index contributed by atoms with van der Waals surface area (Å²) in [5.74, 6) is -0.226. The molecule has 0 aliphatic carbocycles. The Kier molecular flexibility index (Phi) is 3.45. The third-order valence-electron chi connectivity index (χ3n) is 3.80. The van der Waals surface area contributed by atoms with Gasteiger partial charge in [0, 0.05) is 12.0 Å². The van der Waals surface area contributed by atoms with Gasteiger partial charge < -0.3 is 9.52 Å². The van der Waals surface area contributed by atoms with E-state index in [-0.39, 0.29) is 11.6 Å². The van der Waals surface area contributed by atoms with Gasteiger partial charge in [-0.3, -0.25) is 0 Å². The first-order chi connectivity index (χ1) is 10.5. The zero-order valence-corrected chi connectivity index (χ0v) is 12.3. The highest BCUT2D eigenvalue weighted by Crippen LogP contribution is 2.30. The Morgan fingerprint density at radius 2 is 1.82 bits per heavy atom. The third-order valence-corrected chi connectivity index (χ3v) is 3.80. The molecule has 0 unspecified atom stereocenters. The van der Waals surface area contributed by atoms with E-state index in [4.69, 9.17) is 4.42 Å². The lowest BCUT2D eigenvalue weighted by Crippen LogP contribution is -2.11. The van der Waals surface area contributed by atoms with E-state index in [0.29, 0.717) is 28.5 Å². The number of fused-ring (bicyclic) bond motifs is 1. The van der Waals surface area contributed by atoms with Gasteiger partial charge in [0.1, 0.15) is 17.1 Å². The van der Waals surface area contributed by atoms with E-state index in [9.17, 15) is 14.3 Å². The monoisotopic (exact) mass is 298 g/mol. The summed E-state index contributed by atoms with van der Waals surface area (Å²) in [5.41, 5.74) is 2.73. The van der Waals surface area contributed by atoms with Crippen LogP contribution in [-0.4, -0.2) is 5.11 Å². The van der Waals surface area contributed by atoms with Gasteiger partial charge in [0.2, 0.25) is 0 Å². The maximum absolute atomic E-state index is 13.0. The van der Waals surface area contributed by atoms with Gasteiger partial charge in [-0.25, -0.2) is 9.18 Å². The molecule has 3 aromatic rings. The Labute approximate surface area is 126 Å². The molecule has 0 spiro atoms. The Bertz CT molecular complexity index is 908. The molecule has 0 fully saturated rings. The fraction of sp³-hybridized carbons (Fsp3) is 0.167. The predicted octanol–water partition coefficient (Wildman–Crippen LogP) is 3.85. The minimum absolute atomic E-state index is 0.0941. The van der Waals surface area contributed by atoms with Crippen LogP contribution in [0.5, 0.6) is 5.75 Å². The van der Waals surface area contributed by atoms with Crippen molar-refractivity contribution in [2.45, 2.75) is 20.3 Å². The number of phenols is 1. The van der Waals surface area contributed by atoms with E-state index in [1.165, 1.54) is 12.1 Å². The zero-order valence-electron chi connectivity index (χ0n) is 12.3. The molecule has 22 heavy (non-hydrogen) atoms.